The SMILES string of the molecule is [N-]=[N+]=N[C@H]1[C@@H](OP(=O)(Oc2ccccc2)Oc2ccccc2)O[C@H](COCc2ccccc2)[C@H](OCc2ccccc2)[C@@H]1OCc1ccccc1. The fourth-order valence-electron chi connectivity index (χ4n) is 5.50. The fourth-order valence-corrected chi connectivity index (χ4v) is 6.81. The maximum absolute atomic E-state index is 14.6. The van der Waals surface area contributed by atoms with Gasteiger partial charge in [-0.2, -0.15) is 0 Å². The average Bonchev–Trinajstić information content (AvgIpc) is 3.16. The van der Waals surface area contributed by atoms with Gasteiger partial charge in [-0.25, -0.2) is 9.09 Å². The highest BCUT2D eigenvalue weighted by molar-refractivity contribution is 7.49. The summed E-state index contributed by atoms with van der Waals surface area (Å²) in [6, 6.07) is 44.7. The Kier molecular flexibility index (Phi) is 12.9. The third-order valence-electron chi connectivity index (χ3n) is 7.92. The van der Waals surface area contributed by atoms with Crippen LogP contribution in [0.2, 0.25) is 0 Å². The minimum absolute atomic E-state index is 0.0335. The number of azide groups is 1. The Labute approximate surface area is 296 Å². The van der Waals surface area contributed by atoms with Crippen LogP contribution in [0.5, 0.6) is 11.5 Å². The van der Waals surface area contributed by atoms with E-state index < -0.39 is 38.5 Å². The molecule has 1 heterocycles. The van der Waals surface area contributed by atoms with Gasteiger partial charge in [0.2, 0.25) is 0 Å². The van der Waals surface area contributed by atoms with E-state index in [4.69, 9.17) is 32.5 Å². The molecule has 262 valence electrons. The molecule has 0 spiro atoms. The molecular formula is C39H38N3O8P. The Bertz CT molecular complexity index is 1810. The minimum Gasteiger partial charge on any atom is -0.395 e. The fraction of sp³-hybridized carbons (Fsp3) is 0.231. The topological polar surface area (TPSA) is 130 Å². The second-order valence-electron chi connectivity index (χ2n) is 11.6. The van der Waals surface area contributed by atoms with Gasteiger partial charge in [-0.1, -0.05) is 133 Å². The van der Waals surface area contributed by atoms with E-state index in [0.717, 1.165) is 16.7 Å². The van der Waals surface area contributed by atoms with Crippen molar-refractivity contribution in [3.05, 3.63) is 179 Å². The number of phosphoric acid groups is 1. The lowest BCUT2D eigenvalue weighted by Gasteiger charge is -2.44. The normalized spacial score (nSPS) is 20.2. The van der Waals surface area contributed by atoms with Crippen molar-refractivity contribution in [3.63, 3.8) is 0 Å². The highest BCUT2D eigenvalue weighted by atomic mass is 31.2. The van der Waals surface area contributed by atoms with Crippen molar-refractivity contribution in [2.24, 2.45) is 5.11 Å². The molecule has 0 amide bonds. The maximum atomic E-state index is 14.6. The van der Waals surface area contributed by atoms with Crippen molar-refractivity contribution in [2.75, 3.05) is 6.61 Å². The van der Waals surface area contributed by atoms with Gasteiger partial charge < -0.3 is 28.0 Å². The Hall–Kier alpha value is -4.96. The number of benzene rings is 5. The van der Waals surface area contributed by atoms with E-state index in [-0.39, 0.29) is 31.3 Å². The van der Waals surface area contributed by atoms with Gasteiger partial charge in [-0.05, 0) is 46.5 Å². The van der Waals surface area contributed by atoms with E-state index in [1.807, 2.05) is 91.0 Å². The summed E-state index contributed by atoms with van der Waals surface area (Å²) >= 11 is 0. The zero-order chi connectivity index (χ0) is 35.1. The minimum atomic E-state index is -4.52. The van der Waals surface area contributed by atoms with Crippen LogP contribution in [-0.4, -0.2) is 37.3 Å². The number of ether oxygens (including phenoxy) is 4. The quantitative estimate of drug-likeness (QED) is 0.0405. The Balaban J connectivity index is 1.34. The molecule has 1 aliphatic heterocycles. The van der Waals surface area contributed by atoms with E-state index in [9.17, 15) is 10.1 Å². The lowest BCUT2D eigenvalue weighted by Crippen LogP contribution is -2.60. The van der Waals surface area contributed by atoms with Crippen LogP contribution < -0.4 is 9.05 Å². The van der Waals surface area contributed by atoms with Crippen LogP contribution in [0.15, 0.2) is 157 Å². The van der Waals surface area contributed by atoms with E-state index in [0.29, 0.717) is 6.61 Å². The monoisotopic (exact) mass is 707 g/mol. The van der Waals surface area contributed by atoms with Crippen LogP contribution in [0.4, 0.5) is 0 Å². The molecule has 11 nitrogen and oxygen atoms in total. The van der Waals surface area contributed by atoms with Crippen molar-refractivity contribution < 1.29 is 37.1 Å². The number of phosphoric ester groups is 1. The number of rotatable bonds is 17. The first kappa shape index (κ1) is 35.9. The number of hydrogen-bond acceptors (Lipinski definition) is 9. The molecule has 0 aliphatic carbocycles. The number of para-hydroxylation sites is 2. The van der Waals surface area contributed by atoms with Crippen molar-refractivity contribution >= 4 is 7.82 Å². The first-order chi connectivity index (χ1) is 25.1. The molecule has 0 unspecified atom stereocenters. The molecular weight excluding hydrogens is 669 g/mol. The second kappa shape index (κ2) is 18.3. The summed E-state index contributed by atoms with van der Waals surface area (Å²) in [4.78, 5) is 3.12. The van der Waals surface area contributed by atoms with Crippen molar-refractivity contribution in [2.45, 2.75) is 50.5 Å². The Morgan fingerprint density at radius 1 is 0.608 bits per heavy atom. The summed E-state index contributed by atoms with van der Waals surface area (Å²) in [5.41, 5.74) is 12.6. The van der Waals surface area contributed by atoms with Crippen molar-refractivity contribution in [1.82, 2.24) is 0 Å². The molecule has 6 rings (SSSR count). The van der Waals surface area contributed by atoms with Crippen LogP contribution in [0.3, 0.4) is 0 Å². The largest absolute Gasteiger partial charge is 0.589 e. The van der Waals surface area contributed by atoms with Gasteiger partial charge in [0.05, 0.1) is 26.4 Å². The molecule has 51 heavy (non-hydrogen) atoms. The van der Waals surface area contributed by atoms with Crippen molar-refractivity contribution in [3.8, 4) is 11.5 Å². The zero-order valence-corrected chi connectivity index (χ0v) is 28.6. The smallest absolute Gasteiger partial charge is 0.395 e. The molecule has 1 fully saturated rings. The highest BCUT2D eigenvalue weighted by Gasteiger charge is 2.51. The average molecular weight is 708 g/mol. The Morgan fingerprint density at radius 3 is 1.51 bits per heavy atom. The van der Waals surface area contributed by atoms with Crippen LogP contribution in [0.1, 0.15) is 16.7 Å². The highest BCUT2D eigenvalue weighted by Crippen LogP contribution is 2.52. The maximum Gasteiger partial charge on any atom is 0.589 e. The van der Waals surface area contributed by atoms with Crippen molar-refractivity contribution in [1.29, 1.82) is 0 Å². The van der Waals surface area contributed by atoms with E-state index in [2.05, 4.69) is 10.0 Å². The molecule has 0 radical (unpaired) electrons. The molecule has 0 saturated carbocycles. The van der Waals surface area contributed by atoms with Crippen LogP contribution in [0.25, 0.3) is 10.4 Å². The predicted molar refractivity (Wildman–Crippen MR) is 191 cm³/mol. The molecule has 0 bridgehead atoms. The molecule has 0 aromatic heterocycles. The molecule has 1 aliphatic rings. The molecule has 0 N–H and O–H groups in total. The summed E-state index contributed by atoms with van der Waals surface area (Å²) in [6.45, 7) is 0.680. The van der Waals surface area contributed by atoms with Gasteiger partial charge in [0.25, 0.3) is 0 Å². The first-order valence-corrected chi connectivity index (χ1v) is 17.9. The summed E-state index contributed by atoms with van der Waals surface area (Å²) in [7, 11) is -4.52. The van der Waals surface area contributed by atoms with Gasteiger partial charge in [-0.3, -0.25) is 0 Å². The van der Waals surface area contributed by atoms with Gasteiger partial charge in [0.1, 0.15) is 35.9 Å². The van der Waals surface area contributed by atoms with E-state index in [1.165, 1.54) is 0 Å². The zero-order valence-electron chi connectivity index (χ0n) is 27.7. The molecule has 1 saturated heterocycles. The summed E-state index contributed by atoms with van der Waals surface area (Å²) in [6.07, 6.45) is -4.07. The summed E-state index contributed by atoms with van der Waals surface area (Å²) in [5.74, 6) is 0.466. The molecule has 5 aromatic carbocycles. The van der Waals surface area contributed by atoms with Gasteiger partial charge in [0, 0.05) is 4.91 Å². The summed E-state index contributed by atoms with van der Waals surface area (Å²) < 4.78 is 58.3. The number of nitrogens with zero attached hydrogens (tertiary/aromatic N) is 3. The molecule has 12 heteroatoms. The third kappa shape index (κ3) is 10.5. The lowest BCUT2D eigenvalue weighted by molar-refractivity contribution is -0.268. The predicted octanol–water partition coefficient (Wildman–Crippen LogP) is 9.06. The Morgan fingerprint density at radius 2 is 1.04 bits per heavy atom. The summed E-state index contributed by atoms with van der Waals surface area (Å²) in [5, 5.41) is 4.08. The van der Waals surface area contributed by atoms with Gasteiger partial charge in [0.15, 0.2) is 6.29 Å². The van der Waals surface area contributed by atoms with E-state index >= 15 is 0 Å². The molecule has 5 atom stereocenters. The molecule has 5 aromatic rings. The third-order valence-corrected chi connectivity index (χ3v) is 9.25. The standard InChI is InChI=1S/C39H38N3O8P/c40-42-41-36-38(46-28-32-20-10-3-11-21-32)37(45-27-31-18-8-2-9-19-31)35(29-44-26-30-16-6-1-7-17-30)47-39(36)50-51(43,48-33-22-12-4-13-23-33)49-34-24-14-5-15-25-34/h1-25,35-39H,26-29H2/t35-,36-,37+,38-,39-/m1/s1. The van der Waals surface area contributed by atoms with Gasteiger partial charge in [-0.15, -0.1) is 0 Å². The lowest BCUT2D eigenvalue weighted by atomic mass is 9.96. The van der Waals surface area contributed by atoms with Crippen LogP contribution in [0, 0.1) is 0 Å². The number of hydrogen-bond donors (Lipinski definition) is 0. The second-order valence-corrected chi connectivity index (χ2v) is 13.1. The van der Waals surface area contributed by atoms with Crippen LogP contribution in [-0.2, 0) is 47.9 Å². The van der Waals surface area contributed by atoms with Crippen LogP contribution >= 0.6 is 7.82 Å². The van der Waals surface area contributed by atoms with Gasteiger partial charge >= 0.3 is 7.82 Å². The van der Waals surface area contributed by atoms with E-state index in [1.54, 1.807) is 60.7 Å². The first-order valence-electron chi connectivity index (χ1n) is 16.5.